The molecule has 0 aliphatic rings. The lowest BCUT2D eigenvalue weighted by molar-refractivity contribution is 0.346. The molecule has 0 spiro atoms. The normalized spacial score (nSPS) is 13.6. The predicted octanol–water partition coefficient (Wildman–Crippen LogP) is 6.79. The van der Waals surface area contributed by atoms with Gasteiger partial charge in [-0.2, -0.15) is 4.31 Å². The summed E-state index contributed by atoms with van der Waals surface area (Å²) in [5.74, 6) is 0. The van der Waals surface area contributed by atoms with Gasteiger partial charge in [-0.15, -0.1) is 0 Å². The van der Waals surface area contributed by atoms with Crippen molar-refractivity contribution in [3.8, 4) is 0 Å². The Balaban J connectivity index is 2.37. The van der Waals surface area contributed by atoms with Gasteiger partial charge in [0.05, 0.1) is 4.90 Å². The second-order valence-corrected chi connectivity index (χ2v) is 9.76. The van der Waals surface area contributed by atoms with E-state index in [0.29, 0.717) is 11.6 Å². The van der Waals surface area contributed by atoms with Crippen LogP contribution in [0.4, 0.5) is 0 Å². The van der Waals surface area contributed by atoms with Crippen molar-refractivity contribution in [2.75, 3.05) is 6.54 Å². The first kappa shape index (κ1) is 23.7. The van der Waals surface area contributed by atoms with Crippen LogP contribution in [0.15, 0.2) is 65.1 Å². The van der Waals surface area contributed by atoms with Crippen LogP contribution in [-0.2, 0) is 10.0 Å². The number of halogens is 1. The Labute approximate surface area is 181 Å². The van der Waals surface area contributed by atoms with E-state index in [0.717, 1.165) is 43.2 Å². The Morgan fingerprint density at radius 1 is 1.03 bits per heavy atom. The van der Waals surface area contributed by atoms with Gasteiger partial charge in [0.15, 0.2) is 0 Å². The Morgan fingerprint density at radius 2 is 1.69 bits per heavy atom. The maximum Gasteiger partial charge on any atom is 0.243 e. The summed E-state index contributed by atoms with van der Waals surface area (Å²) >= 11 is 5.96. The lowest BCUT2D eigenvalue weighted by atomic mass is 10.0. The van der Waals surface area contributed by atoms with Gasteiger partial charge in [0.1, 0.15) is 0 Å². The van der Waals surface area contributed by atoms with Crippen LogP contribution in [-0.4, -0.2) is 25.3 Å². The summed E-state index contributed by atoms with van der Waals surface area (Å²) in [5.41, 5.74) is 2.24. The van der Waals surface area contributed by atoms with Crippen molar-refractivity contribution in [2.24, 2.45) is 0 Å². The van der Waals surface area contributed by atoms with Crippen LogP contribution in [0.25, 0.3) is 6.08 Å². The average molecular weight is 434 g/mol. The van der Waals surface area contributed by atoms with Crippen LogP contribution in [0, 0.1) is 0 Å². The summed E-state index contributed by atoms with van der Waals surface area (Å²) in [6.07, 6.45) is 7.12. The zero-order chi connectivity index (χ0) is 21.3. The largest absolute Gasteiger partial charge is 0.243 e. The van der Waals surface area contributed by atoms with Crippen molar-refractivity contribution in [1.29, 1.82) is 0 Å². The van der Waals surface area contributed by atoms with Crippen molar-refractivity contribution in [2.45, 2.75) is 63.8 Å². The highest BCUT2D eigenvalue weighted by atomic mass is 35.5. The molecular weight excluding hydrogens is 402 g/mol. The van der Waals surface area contributed by atoms with Gasteiger partial charge in [-0.05, 0) is 56.0 Å². The number of unbranched alkanes of at least 4 members (excludes halogenated alkanes) is 2. The molecule has 5 heteroatoms. The molecule has 1 atom stereocenters. The van der Waals surface area contributed by atoms with Crippen LogP contribution in [0.2, 0.25) is 5.02 Å². The number of hydrogen-bond donors (Lipinski definition) is 0. The van der Waals surface area contributed by atoms with Crippen molar-refractivity contribution < 1.29 is 8.42 Å². The summed E-state index contributed by atoms with van der Waals surface area (Å²) in [5, 5.41) is 0.531. The molecule has 2 rings (SSSR count). The highest BCUT2D eigenvalue weighted by Gasteiger charge is 2.29. The molecule has 2 aromatic carbocycles. The maximum atomic E-state index is 13.4. The van der Waals surface area contributed by atoms with E-state index in [2.05, 4.69) is 25.1 Å². The Hall–Kier alpha value is -1.62. The third kappa shape index (κ3) is 6.98. The Kier molecular flexibility index (Phi) is 9.41. The van der Waals surface area contributed by atoms with E-state index in [9.17, 15) is 8.42 Å². The second-order valence-electron chi connectivity index (χ2n) is 7.43. The van der Waals surface area contributed by atoms with E-state index >= 15 is 0 Å². The minimum absolute atomic E-state index is 0.0963. The van der Waals surface area contributed by atoms with Crippen molar-refractivity contribution >= 4 is 27.7 Å². The lowest BCUT2D eigenvalue weighted by Gasteiger charge is -2.29. The highest BCUT2D eigenvalue weighted by Crippen LogP contribution is 2.25. The summed E-state index contributed by atoms with van der Waals surface area (Å²) in [6, 6.07) is 16.5. The average Bonchev–Trinajstić information content (AvgIpc) is 2.72. The lowest BCUT2D eigenvalue weighted by Crippen LogP contribution is -2.39. The summed E-state index contributed by atoms with van der Waals surface area (Å²) in [7, 11) is -3.61. The third-order valence-electron chi connectivity index (χ3n) is 5.13. The van der Waals surface area contributed by atoms with E-state index in [4.69, 9.17) is 11.6 Å². The topological polar surface area (TPSA) is 37.4 Å². The highest BCUT2D eigenvalue weighted by molar-refractivity contribution is 7.89. The van der Waals surface area contributed by atoms with E-state index in [-0.39, 0.29) is 10.9 Å². The van der Waals surface area contributed by atoms with Crippen molar-refractivity contribution in [3.63, 3.8) is 0 Å². The van der Waals surface area contributed by atoms with Gasteiger partial charge < -0.3 is 0 Å². The van der Waals surface area contributed by atoms with Gasteiger partial charge in [0.25, 0.3) is 0 Å². The molecule has 0 aromatic heterocycles. The first-order valence-corrected chi connectivity index (χ1v) is 12.2. The Morgan fingerprint density at radius 3 is 2.28 bits per heavy atom. The molecule has 0 N–H and O–H groups in total. The second kappa shape index (κ2) is 11.5. The minimum Gasteiger partial charge on any atom is -0.207 e. The summed E-state index contributed by atoms with van der Waals surface area (Å²) in [6.45, 7) is 6.57. The molecule has 0 saturated heterocycles. The maximum absolute atomic E-state index is 13.4. The van der Waals surface area contributed by atoms with Crippen LogP contribution in [0.1, 0.15) is 58.4 Å². The van der Waals surface area contributed by atoms with Crippen LogP contribution < -0.4 is 0 Å². The van der Waals surface area contributed by atoms with Gasteiger partial charge in [0, 0.05) is 17.6 Å². The molecular formula is C24H32ClNO2S. The molecule has 0 fully saturated rings. The predicted molar refractivity (Wildman–Crippen MR) is 124 cm³/mol. The van der Waals surface area contributed by atoms with Gasteiger partial charge in [-0.25, -0.2) is 8.42 Å². The van der Waals surface area contributed by atoms with Gasteiger partial charge in [-0.3, -0.25) is 0 Å². The van der Waals surface area contributed by atoms with Crippen molar-refractivity contribution in [1.82, 2.24) is 4.31 Å². The monoisotopic (exact) mass is 433 g/mol. The number of nitrogens with zero attached hydrogens (tertiary/aromatic N) is 1. The molecule has 29 heavy (non-hydrogen) atoms. The minimum atomic E-state index is -3.61. The molecule has 3 nitrogen and oxygen atoms in total. The van der Waals surface area contributed by atoms with Gasteiger partial charge >= 0.3 is 0 Å². The van der Waals surface area contributed by atoms with E-state index < -0.39 is 10.0 Å². The Bertz CT molecular complexity index is 877. The van der Waals surface area contributed by atoms with Crippen LogP contribution >= 0.6 is 11.6 Å². The first-order valence-electron chi connectivity index (χ1n) is 10.4. The molecule has 0 heterocycles. The quantitative estimate of drug-likeness (QED) is 0.365. The van der Waals surface area contributed by atoms with Crippen LogP contribution in [0.3, 0.4) is 0 Å². The van der Waals surface area contributed by atoms with Gasteiger partial charge in [0.2, 0.25) is 10.0 Å². The van der Waals surface area contributed by atoms with Crippen molar-refractivity contribution in [3.05, 3.63) is 70.8 Å². The molecule has 2 aromatic rings. The molecule has 0 aliphatic heterocycles. The number of sulfonamides is 1. The standard InChI is InChI=1S/C24H32ClNO2S/c1-4-6-8-13-22(18-21-11-9-7-10-12-21)19-26(20(3)5-2)29(27,28)24-16-14-23(25)15-17-24/h7,9-12,14-18,20H,4-6,8,13,19H2,1-3H3. The number of rotatable bonds is 11. The molecule has 1 unspecified atom stereocenters. The molecule has 0 aliphatic carbocycles. The fourth-order valence-electron chi connectivity index (χ4n) is 3.21. The SMILES string of the molecule is CCCCCC(=Cc1ccccc1)CN(C(C)CC)S(=O)(=O)c1ccc(Cl)cc1. The third-order valence-corrected chi connectivity index (χ3v) is 7.36. The zero-order valence-corrected chi connectivity index (χ0v) is 19.2. The van der Waals surface area contributed by atoms with E-state index in [1.165, 1.54) is 0 Å². The number of benzene rings is 2. The van der Waals surface area contributed by atoms with Gasteiger partial charge in [-0.1, -0.05) is 80.3 Å². The fraction of sp³-hybridized carbons (Fsp3) is 0.417. The molecule has 0 saturated carbocycles. The fourth-order valence-corrected chi connectivity index (χ4v) is 5.04. The van der Waals surface area contributed by atoms with E-state index in [1.807, 2.05) is 32.0 Å². The molecule has 0 radical (unpaired) electrons. The van der Waals surface area contributed by atoms with E-state index in [1.54, 1.807) is 28.6 Å². The summed E-state index contributed by atoms with van der Waals surface area (Å²) in [4.78, 5) is 0.287. The smallest absolute Gasteiger partial charge is 0.207 e. The molecule has 0 bridgehead atoms. The summed E-state index contributed by atoms with van der Waals surface area (Å²) < 4.78 is 28.5. The van der Waals surface area contributed by atoms with Crippen LogP contribution in [0.5, 0.6) is 0 Å². The zero-order valence-electron chi connectivity index (χ0n) is 17.6. The number of hydrogen-bond acceptors (Lipinski definition) is 2. The first-order chi connectivity index (χ1) is 13.9. The molecule has 158 valence electrons. The molecule has 0 amide bonds.